The number of nitrogens with zero attached hydrogens (tertiary/aromatic N) is 1. The number of anilines is 1. The first-order valence-electron chi connectivity index (χ1n) is 7.25. The second-order valence-corrected chi connectivity index (χ2v) is 5.35. The summed E-state index contributed by atoms with van der Waals surface area (Å²) in [6, 6.07) is 4.92. The van der Waals surface area contributed by atoms with Crippen LogP contribution in [-0.4, -0.2) is 48.5 Å². The Morgan fingerprint density at radius 1 is 1.22 bits per heavy atom. The Morgan fingerprint density at radius 3 is 2.48 bits per heavy atom. The molecule has 0 aliphatic rings. The third-order valence-corrected chi connectivity index (χ3v) is 3.13. The average Bonchev–Trinajstić information content (AvgIpc) is 2.47. The number of nitrogens with one attached hydrogen (secondary N) is 1. The second-order valence-electron chi connectivity index (χ2n) is 5.35. The van der Waals surface area contributed by atoms with E-state index in [9.17, 15) is 14.4 Å². The highest BCUT2D eigenvalue weighted by Crippen LogP contribution is 2.21. The fourth-order valence-corrected chi connectivity index (χ4v) is 1.85. The number of carbonyl (C=O) groups excluding carboxylic acids is 2. The Labute approximate surface area is 135 Å². The van der Waals surface area contributed by atoms with Gasteiger partial charge >= 0.3 is 5.97 Å². The number of rotatable bonds is 8. The van der Waals surface area contributed by atoms with E-state index in [0.717, 1.165) is 5.56 Å². The van der Waals surface area contributed by atoms with Gasteiger partial charge in [0.25, 0.3) is 0 Å². The van der Waals surface area contributed by atoms with Crippen LogP contribution in [0.25, 0.3) is 0 Å². The van der Waals surface area contributed by atoms with E-state index in [4.69, 9.17) is 9.84 Å². The zero-order valence-electron chi connectivity index (χ0n) is 13.6. The molecule has 0 spiro atoms. The lowest BCUT2D eigenvalue weighted by molar-refractivity contribution is -0.139. The minimum absolute atomic E-state index is 0.00564. The van der Waals surface area contributed by atoms with Crippen molar-refractivity contribution in [3.8, 4) is 5.75 Å². The third kappa shape index (κ3) is 6.82. The Morgan fingerprint density at radius 2 is 1.91 bits per heavy atom. The minimum atomic E-state index is -1.05. The molecule has 0 fully saturated rings. The van der Waals surface area contributed by atoms with Gasteiger partial charge in [0, 0.05) is 32.6 Å². The maximum absolute atomic E-state index is 11.9. The van der Waals surface area contributed by atoms with E-state index < -0.39 is 12.6 Å². The fourth-order valence-electron chi connectivity index (χ4n) is 1.85. The van der Waals surface area contributed by atoms with Gasteiger partial charge in [-0.25, -0.2) is 4.79 Å². The van der Waals surface area contributed by atoms with Crippen molar-refractivity contribution in [2.75, 3.05) is 26.0 Å². The summed E-state index contributed by atoms with van der Waals surface area (Å²) < 4.78 is 5.07. The molecule has 0 atom stereocenters. The van der Waals surface area contributed by atoms with Gasteiger partial charge in [0.05, 0.1) is 0 Å². The molecule has 7 nitrogen and oxygen atoms in total. The lowest BCUT2D eigenvalue weighted by Crippen LogP contribution is -2.22. The van der Waals surface area contributed by atoms with Crippen LogP contribution in [0.3, 0.4) is 0 Å². The first kappa shape index (κ1) is 18.5. The van der Waals surface area contributed by atoms with Crippen LogP contribution in [0.5, 0.6) is 5.75 Å². The summed E-state index contributed by atoms with van der Waals surface area (Å²) in [5.74, 6) is -0.792. The highest BCUT2D eigenvalue weighted by Gasteiger charge is 2.09. The van der Waals surface area contributed by atoms with Gasteiger partial charge in [0.15, 0.2) is 6.61 Å². The van der Waals surface area contributed by atoms with Gasteiger partial charge in [-0.3, -0.25) is 9.59 Å². The highest BCUT2D eigenvalue weighted by molar-refractivity contribution is 5.91. The summed E-state index contributed by atoms with van der Waals surface area (Å²) in [6.07, 6.45) is 1.08. The maximum Gasteiger partial charge on any atom is 0.341 e. The third-order valence-electron chi connectivity index (χ3n) is 3.13. The van der Waals surface area contributed by atoms with Crippen LogP contribution in [0.1, 0.15) is 24.8 Å². The molecule has 1 aromatic carbocycles. The van der Waals surface area contributed by atoms with Crippen molar-refractivity contribution in [2.24, 2.45) is 0 Å². The zero-order valence-corrected chi connectivity index (χ0v) is 13.6. The highest BCUT2D eigenvalue weighted by atomic mass is 16.5. The van der Waals surface area contributed by atoms with Crippen molar-refractivity contribution in [2.45, 2.75) is 26.2 Å². The molecule has 0 saturated heterocycles. The molecule has 1 aromatic rings. The fraction of sp³-hybridized carbons (Fsp3) is 0.438. The maximum atomic E-state index is 11.9. The molecule has 126 valence electrons. The van der Waals surface area contributed by atoms with E-state index in [0.29, 0.717) is 24.3 Å². The molecule has 7 heteroatoms. The van der Waals surface area contributed by atoms with E-state index in [-0.39, 0.29) is 18.2 Å². The van der Waals surface area contributed by atoms with Crippen LogP contribution in [-0.2, 0) is 14.4 Å². The number of aryl methyl sites for hydroxylation is 1. The molecule has 23 heavy (non-hydrogen) atoms. The number of hydrogen-bond donors (Lipinski definition) is 2. The monoisotopic (exact) mass is 322 g/mol. The molecule has 1 rings (SSSR count). The molecule has 0 bridgehead atoms. The van der Waals surface area contributed by atoms with E-state index in [2.05, 4.69) is 5.32 Å². The molecule has 2 N–H and O–H groups in total. The Kier molecular flexibility index (Phi) is 7.05. The van der Waals surface area contributed by atoms with Crippen LogP contribution >= 0.6 is 0 Å². The van der Waals surface area contributed by atoms with Crippen molar-refractivity contribution < 1.29 is 24.2 Å². The molecule has 0 aromatic heterocycles. The molecule has 0 aliphatic carbocycles. The van der Waals surface area contributed by atoms with Gasteiger partial charge in [-0.15, -0.1) is 0 Å². The van der Waals surface area contributed by atoms with Crippen LogP contribution in [0.4, 0.5) is 5.69 Å². The summed E-state index contributed by atoms with van der Waals surface area (Å²) >= 11 is 0. The summed E-state index contributed by atoms with van der Waals surface area (Å²) in [7, 11) is 3.36. The number of carbonyl (C=O) groups is 3. The van der Waals surface area contributed by atoms with Gasteiger partial charge < -0.3 is 20.1 Å². The Bertz CT molecular complexity index is 584. The number of hydrogen-bond acceptors (Lipinski definition) is 4. The van der Waals surface area contributed by atoms with Crippen LogP contribution in [0.2, 0.25) is 0 Å². The van der Waals surface area contributed by atoms with E-state index >= 15 is 0 Å². The summed E-state index contributed by atoms with van der Waals surface area (Å²) in [6.45, 7) is 1.38. The predicted octanol–water partition coefficient (Wildman–Crippen LogP) is 1.66. The van der Waals surface area contributed by atoms with E-state index in [1.54, 1.807) is 39.2 Å². The first-order valence-corrected chi connectivity index (χ1v) is 7.25. The smallest absolute Gasteiger partial charge is 0.341 e. The molecular formula is C16H22N2O5. The minimum Gasteiger partial charge on any atom is -0.482 e. The van der Waals surface area contributed by atoms with Crippen molar-refractivity contribution in [3.05, 3.63) is 23.8 Å². The Balaban J connectivity index is 2.48. The van der Waals surface area contributed by atoms with Crippen molar-refractivity contribution in [1.82, 2.24) is 4.90 Å². The van der Waals surface area contributed by atoms with Crippen molar-refractivity contribution >= 4 is 23.5 Å². The lowest BCUT2D eigenvalue weighted by Gasteiger charge is -2.11. The van der Waals surface area contributed by atoms with Gasteiger partial charge in [0.2, 0.25) is 11.8 Å². The standard InChI is InChI=1S/C16H22N2O5/c1-11-9-12(23-10-16(21)22)7-8-13(11)17-14(19)5-4-6-15(20)18(2)3/h7-9H,4-6,10H2,1-3H3,(H,17,19)(H,21,22). The van der Waals surface area contributed by atoms with Crippen LogP contribution < -0.4 is 10.1 Å². The number of benzene rings is 1. The SMILES string of the molecule is Cc1cc(OCC(=O)O)ccc1NC(=O)CCCC(=O)N(C)C. The van der Waals surface area contributed by atoms with Crippen LogP contribution in [0, 0.1) is 6.92 Å². The van der Waals surface area contributed by atoms with Crippen molar-refractivity contribution in [3.63, 3.8) is 0 Å². The molecule has 0 radical (unpaired) electrons. The molecule has 2 amide bonds. The average molecular weight is 322 g/mol. The number of carboxylic acid groups (broad SMARTS) is 1. The van der Waals surface area contributed by atoms with Gasteiger partial charge in [-0.1, -0.05) is 0 Å². The van der Waals surface area contributed by atoms with Gasteiger partial charge in [0.1, 0.15) is 5.75 Å². The lowest BCUT2D eigenvalue weighted by atomic mass is 10.1. The second kappa shape index (κ2) is 8.77. The predicted molar refractivity (Wildman–Crippen MR) is 85.5 cm³/mol. The molecular weight excluding hydrogens is 300 g/mol. The van der Waals surface area contributed by atoms with E-state index in [1.807, 2.05) is 0 Å². The quantitative estimate of drug-likeness (QED) is 0.759. The number of amides is 2. The van der Waals surface area contributed by atoms with Crippen molar-refractivity contribution in [1.29, 1.82) is 0 Å². The summed E-state index contributed by atoms with van der Waals surface area (Å²) in [5, 5.41) is 11.3. The number of aliphatic carboxylic acids is 1. The largest absolute Gasteiger partial charge is 0.482 e. The number of ether oxygens (including phenoxy) is 1. The molecule has 0 saturated carbocycles. The molecule has 0 heterocycles. The first-order chi connectivity index (χ1) is 10.8. The molecule has 0 aliphatic heterocycles. The zero-order chi connectivity index (χ0) is 17.4. The summed E-state index contributed by atoms with van der Waals surface area (Å²) in [4.78, 5) is 35.2. The Hall–Kier alpha value is -2.57. The van der Waals surface area contributed by atoms with Crippen LogP contribution in [0.15, 0.2) is 18.2 Å². The van der Waals surface area contributed by atoms with E-state index in [1.165, 1.54) is 4.90 Å². The number of carboxylic acids is 1. The summed E-state index contributed by atoms with van der Waals surface area (Å²) in [5.41, 5.74) is 1.40. The topological polar surface area (TPSA) is 95.9 Å². The molecule has 0 unspecified atom stereocenters. The normalized spacial score (nSPS) is 10.0. The van der Waals surface area contributed by atoms with Gasteiger partial charge in [-0.2, -0.15) is 0 Å². The van der Waals surface area contributed by atoms with Gasteiger partial charge in [-0.05, 0) is 37.1 Å².